The van der Waals surface area contributed by atoms with Gasteiger partial charge in [-0.3, -0.25) is 10.1 Å². The number of nitro benzene ring substituents is 1. The fraction of sp³-hybridized carbons (Fsp3) is 0. The minimum absolute atomic E-state index is 0.0115. The molecule has 2 N–H and O–H groups in total. The number of fused-ring (bicyclic) bond motifs is 1. The number of aromatic amines is 1. The minimum Gasteiger partial charge on any atom is -0.326 e. The van der Waals surface area contributed by atoms with Gasteiger partial charge in [-0.05, 0) is 30.3 Å². The van der Waals surface area contributed by atoms with Gasteiger partial charge in [-0.2, -0.15) is 0 Å². The van der Waals surface area contributed by atoms with E-state index >= 15 is 0 Å². The molecule has 0 unspecified atom stereocenters. The van der Waals surface area contributed by atoms with Crippen LogP contribution in [0, 0.1) is 10.1 Å². The van der Waals surface area contributed by atoms with Gasteiger partial charge in [0.05, 0.1) is 10.4 Å². The van der Waals surface area contributed by atoms with E-state index in [1.54, 1.807) is 12.1 Å². The summed E-state index contributed by atoms with van der Waals surface area (Å²) >= 11 is 3.36. The van der Waals surface area contributed by atoms with Crippen molar-refractivity contribution in [1.82, 2.24) is 9.97 Å². The van der Waals surface area contributed by atoms with Gasteiger partial charge >= 0.3 is 0 Å². The molecule has 0 radical (unpaired) electrons. The van der Waals surface area contributed by atoms with E-state index in [-0.39, 0.29) is 5.69 Å². The van der Waals surface area contributed by atoms with Crippen molar-refractivity contribution in [3.8, 4) is 0 Å². The molecule has 100 valence electrons. The second-order valence-corrected chi connectivity index (χ2v) is 5.06. The number of rotatable bonds is 3. The second kappa shape index (κ2) is 4.93. The van der Waals surface area contributed by atoms with Gasteiger partial charge in [0, 0.05) is 16.2 Å². The van der Waals surface area contributed by atoms with Gasteiger partial charge in [0.25, 0.3) is 5.69 Å². The van der Waals surface area contributed by atoms with Gasteiger partial charge in [-0.1, -0.05) is 22.0 Å². The first-order valence-electron chi connectivity index (χ1n) is 5.79. The number of nitrogens with one attached hydrogen (secondary N) is 2. The maximum absolute atomic E-state index is 10.9. The average molecular weight is 333 g/mol. The minimum atomic E-state index is -0.438. The third-order valence-corrected chi connectivity index (χ3v) is 3.32. The number of benzene rings is 2. The molecule has 0 saturated heterocycles. The summed E-state index contributed by atoms with van der Waals surface area (Å²) in [5.41, 5.74) is 1.80. The maximum Gasteiger partial charge on any atom is 0.297 e. The van der Waals surface area contributed by atoms with E-state index in [4.69, 9.17) is 0 Å². The molecule has 0 aliphatic rings. The molecule has 0 bridgehead atoms. The number of H-pyrrole nitrogens is 1. The van der Waals surface area contributed by atoms with Crippen molar-refractivity contribution < 1.29 is 4.92 Å². The van der Waals surface area contributed by atoms with E-state index in [1.165, 1.54) is 6.07 Å². The summed E-state index contributed by atoms with van der Waals surface area (Å²) in [6.45, 7) is 0. The van der Waals surface area contributed by atoms with Crippen molar-refractivity contribution in [3.05, 3.63) is 57.1 Å². The molecule has 0 atom stereocenters. The predicted molar refractivity (Wildman–Crippen MR) is 80.2 cm³/mol. The fourth-order valence-electron chi connectivity index (χ4n) is 1.89. The van der Waals surface area contributed by atoms with Gasteiger partial charge in [0.15, 0.2) is 5.52 Å². The summed E-state index contributed by atoms with van der Waals surface area (Å²) in [4.78, 5) is 17.8. The predicted octanol–water partition coefficient (Wildman–Crippen LogP) is 3.98. The molecule has 6 nitrogen and oxygen atoms in total. The van der Waals surface area contributed by atoms with Crippen molar-refractivity contribution in [2.45, 2.75) is 0 Å². The average Bonchev–Trinajstić information content (AvgIpc) is 2.83. The normalized spacial score (nSPS) is 10.7. The van der Waals surface area contributed by atoms with Crippen molar-refractivity contribution in [2.24, 2.45) is 0 Å². The third-order valence-electron chi connectivity index (χ3n) is 2.80. The standard InChI is InChI=1S/C13H9BrN4O2/c14-8-4-6-9(7-5-8)15-13-16-10-2-1-3-11(18(19)20)12(10)17-13/h1-7H,(H2,15,16,17). The van der Waals surface area contributed by atoms with Crippen LogP contribution in [0.3, 0.4) is 0 Å². The van der Waals surface area contributed by atoms with Crippen LogP contribution in [0.2, 0.25) is 0 Å². The van der Waals surface area contributed by atoms with Crippen LogP contribution < -0.4 is 5.32 Å². The monoisotopic (exact) mass is 332 g/mol. The number of nitro groups is 1. The maximum atomic E-state index is 10.9. The van der Waals surface area contributed by atoms with E-state index in [1.807, 2.05) is 24.3 Å². The van der Waals surface area contributed by atoms with Crippen molar-refractivity contribution in [2.75, 3.05) is 5.32 Å². The molecule has 0 fully saturated rings. The number of hydrogen-bond acceptors (Lipinski definition) is 4. The van der Waals surface area contributed by atoms with Crippen molar-refractivity contribution in [3.63, 3.8) is 0 Å². The zero-order valence-corrected chi connectivity index (χ0v) is 11.7. The Morgan fingerprint density at radius 1 is 1.20 bits per heavy atom. The largest absolute Gasteiger partial charge is 0.326 e. The zero-order chi connectivity index (χ0) is 14.1. The van der Waals surface area contributed by atoms with Crippen molar-refractivity contribution >= 4 is 44.3 Å². The number of para-hydroxylation sites is 1. The highest BCUT2D eigenvalue weighted by molar-refractivity contribution is 9.10. The van der Waals surface area contributed by atoms with Gasteiger partial charge in [-0.15, -0.1) is 0 Å². The molecular weight excluding hydrogens is 324 g/mol. The lowest BCUT2D eigenvalue weighted by atomic mass is 10.3. The van der Waals surface area contributed by atoms with Crippen LogP contribution in [0.15, 0.2) is 46.9 Å². The molecule has 20 heavy (non-hydrogen) atoms. The molecular formula is C13H9BrN4O2. The number of imidazole rings is 1. The Balaban J connectivity index is 1.99. The Kier molecular flexibility index (Phi) is 3.11. The Morgan fingerprint density at radius 2 is 1.95 bits per heavy atom. The Bertz CT molecular complexity index is 783. The lowest BCUT2D eigenvalue weighted by molar-refractivity contribution is -0.383. The van der Waals surface area contributed by atoms with E-state index in [9.17, 15) is 10.1 Å². The number of halogens is 1. The van der Waals surface area contributed by atoms with Crippen LogP contribution in [0.5, 0.6) is 0 Å². The Morgan fingerprint density at radius 3 is 2.65 bits per heavy atom. The summed E-state index contributed by atoms with van der Waals surface area (Å²) in [6.07, 6.45) is 0. The fourth-order valence-corrected chi connectivity index (χ4v) is 2.16. The molecule has 3 aromatic rings. The molecule has 0 saturated carbocycles. The quantitative estimate of drug-likeness (QED) is 0.561. The molecule has 7 heteroatoms. The number of aromatic nitrogens is 2. The number of nitrogens with zero attached hydrogens (tertiary/aromatic N) is 2. The van der Waals surface area contributed by atoms with Crippen molar-refractivity contribution in [1.29, 1.82) is 0 Å². The SMILES string of the molecule is O=[N+]([O-])c1cccc2[nH]c(Nc3ccc(Br)cc3)nc12. The second-order valence-electron chi connectivity index (χ2n) is 4.15. The molecule has 0 aliphatic carbocycles. The number of hydrogen-bond donors (Lipinski definition) is 2. The lowest BCUT2D eigenvalue weighted by Crippen LogP contribution is -1.92. The summed E-state index contributed by atoms with van der Waals surface area (Å²) in [6, 6.07) is 12.4. The highest BCUT2D eigenvalue weighted by atomic mass is 79.9. The van der Waals surface area contributed by atoms with E-state index in [0.717, 1.165) is 10.2 Å². The van der Waals surface area contributed by atoms with Crippen LogP contribution in [0.1, 0.15) is 0 Å². The smallest absolute Gasteiger partial charge is 0.297 e. The van der Waals surface area contributed by atoms with E-state index < -0.39 is 4.92 Å². The molecule has 3 rings (SSSR count). The van der Waals surface area contributed by atoms with E-state index in [0.29, 0.717) is 17.0 Å². The van der Waals surface area contributed by atoms with Crippen LogP contribution in [0.25, 0.3) is 11.0 Å². The summed E-state index contributed by atoms with van der Waals surface area (Å²) in [7, 11) is 0. The molecule has 0 spiro atoms. The van der Waals surface area contributed by atoms with Gasteiger partial charge in [0.1, 0.15) is 0 Å². The Hall–Kier alpha value is -2.41. The van der Waals surface area contributed by atoms with Crippen LogP contribution in [-0.4, -0.2) is 14.9 Å². The number of non-ortho nitro benzene ring substituents is 1. The first-order valence-corrected chi connectivity index (χ1v) is 6.58. The third kappa shape index (κ3) is 2.35. The highest BCUT2D eigenvalue weighted by Crippen LogP contribution is 2.26. The number of anilines is 2. The molecule has 2 aromatic carbocycles. The topological polar surface area (TPSA) is 83.8 Å². The van der Waals surface area contributed by atoms with Gasteiger partial charge in [-0.25, -0.2) is 4.98 Å². The van der Waals surface area contributed by atoms with Gasteiger partial charge in [0.2, 0.25) is 5.95 Å². The van der Waals surface area contributed by atoms with Crippen LogP contribution in [0.4, 0.5) is 17.3 Å². The molecule has 1 heterocycles. The highest BCUT2D eigenvalue weighted by Gasteiger charge is 2.15. The first kappa shape index (κ1) is 12.6. The first-order chi connectivity index (χ1) is 9.63. The molecule has 0 aliphatic heterocycles. The Labute approximate surface area is 122 Å². The van der Waals surface area contributed by atoms with E-state index in [2.05, 4.69) is 31.2 Å². The summed E-state index contributed by atoms with van der Waals surface area (Å²) < 4.78 is 0.975. The van der Waals surface area contributed by atoms with Gasteiger partial charge < -0.3 is 10.3 Å². The van der Waals surface area contributed by atoms with Crippen LogP contribution >= 0.6 is 15.9 Å². The molecule has 1 aromatic heterocycles. The van der Waals surface area contributed by atoms with Crippen LogP contribution in [-0.2, 0) is 0 Å². The lowest BCUT2D eigenvalue weighted by Gasteiger charge is -2.01. The summed E-state index contributed by atoms with van der Waals surface area (Å²) in [5, 5.41) is 14.0. The summed E-state index contributed by atoms with van der Waals surface area (Å²) in [5.74, 6) is 0.469. The molecule has 0 amide bonds. The zero-order valence-electron chi connectivity index (χ0n) is 10.1.